The van der Waals surface area contributed by atoms with Crippen molar-refractivity contribution in [3.05, 3.63) is 33.9 Å². The molecule has 0 fully saturated rings. The number of benzene rings is 1. The first kappa shape index (κ1) is 16.4. The summed E-state index contributed by atoms with van der Waals surface area (Å²) in [5, 5.41) is 25.4. The van der Waals surface area contributed by atoms with Gasteiger partial charge in [0.25, 0.3) is 5.69 Å². The van der Waals surface area contributed by atoms with Crippen LogP contribution in [0.4, 0.5) is 11.4 Å². The van der Waals surface area contributed by atoms with Gasteiger partial charge in [-0.1, -0.05) is 0 Å². The standard InChI is InChI=1S/C14H18N4O3/c1-14(2,3)17-13(19)6-7-16-11-5-4-10(9-15)12(8-11)18(20)21/h4-5,8,16H,6-7H2,1-3H3,(H,17,19). The highest BCUT2D eigenvalue weighted by atomic mass is 16.6. The van der Waals surface area contributed by atoms with Crippen LogP contribution in [0.5, 0.6) is 0 Å². The number of carbonyl (C=O) groups is 1. The predicted octanol–water partition coefficient (Wildman–Crippen LogP) is 2.18. The van der Waals surface area contributed by atoms with Crippen molar-refractivity contribution in [2.75, 3.05) is 11.9 Å². The molecular weight excluding hydrogens is 272 g/mol. The number of amides is 1. The van der Waals surface area contributed by atoms with Crippen LogP contribution in [0, 0.1) is 21.4 Å². The third-order valence-electron chi connectivity index (χ3n) is 2.51. The zero-order valence-corrected chi connectivity index (χ0v) is 12.3. The van der Waals surface area contributed by atoms with E-state index in [0.717, 1.165) is 0 Å². The van der Waals surface area contributed by atoms with E-state index in [1.807, 2.05) is 20.8 Å². The lowest BCUT2D eigenvalue weighted by Gasteiger charge is -2.20. The molecule has 0 atom stereocenters. The molecule has 0 aromatic heterocycles. The molecule has 1 amide bonds. The van der Waals surface area contributed by atoms with Gasteiger partial charge in [-0.3, -0.25) is 14.9 Å². The van der Waals surface area contributed by atoms with Gasteiger partial charge in [0.2, 0.25) is 5.91 Å². The number of carbonyl (C=O) groups excluding carboxylic acids is 1. The molecular formula is C14H18N4O3. The van der Waals surface area contributed by atoms with Crippen molar-refractivity contribution >= 4 is 17.3 Å². The fourth-order valence-electron chi connectivity index (χ4n) is 1.69. The lowest BCUT2D eigenvalue weighted by molar-refractivity contribution is -0.385. The summed E-state index contributed by atoms with van der Waals surface area (Å²) >= 11 is 0. The van der Waals surface area contributed by atoms with Crippen molar-refractivity contribution < 1.29 is 9.72 Å². The van der Waals surface area contributed by atoms with Crippen LogP contribution in [0.2, 0.25) is 0 Å². The molecule has 1 aromatic carbocycles. The quantitative estimate of drug-likeness (QED) is 0.638. The Labute approximate surface area is 123 Å². The van der Waals surface area contributed by atoms with Crippen LogP contribution >= 0.6 is 0 Å². The highest BCUT2D eigenvalue weighted by molar-refractivity contribution is 5.77. The molecule has 112 valence electrons. The summed E-state index contributed by atoms with van der Waals surface area (Å²) in [4.78, 5) is 21.9. The molecule has 0 radical (unpaired) electrons. The number of rotatable bonds is 5. The summed E-state index contributed by atoms with van der Waals surface area (Å²) < 4.78 is 0. The molecule has 0 aliphatic rings. The number of hydrogen-bond donors (Lipinski definition) is 2. The van der Waals surface area contributed by atoms with E-state index in [2.05, 4.69) is 10.6 Å². The maximum atomic E-state index is 11.6. The fraction of sp³-hybridized carbons (Fsp3) is 0.429. The third kappa shape index (κ3) is 5.48. The van der Waals surface area contributed by atoms with Crippen LogP contribution in [0.25, 0.3) is 0 Å². The molecule has 2 N–H and O–H groups in total. The van der Waals surface area contributed by atoms with Crippen LogP contribution < -0.4 is 10.6 Å². The van der Waals surface area contributed by atoms with Gasteiger partial charge in [0.1, 0.15) is 11.6 Å². The summed E-state index contributed by atoms with van der Waals surface area (Å²) in [5.41, 5.74) is -0.0217. The van der Waals surface area contributed by atoms with E-state index in [-0.39, 0.29) is 29.1 Å². The van der Waals surface area contributed by atoms with E-state index < -0.39 is 4.92 Å². The number of nitrogens with zero attached hydrogens (tertiary/aromatic N) is 2. The zero-order chi connectivity index (χ0) is 16.0. The van der Waals surface area contributed by atoms with Crippen LogP contribution in [0.1, 0.15) is 32.8 Å². The Morgan fingerprint density at radius 1 is 1.43 bits per heavy atom. The smallest absolute Gasteiger partial charge is 0.289 e. The molecule has 0 bridgehead atoms. The van der Waals surface area contributed by atoms with E-state index in [4.69, 9.17) is 5.26 Å². The van der Waals surface area contributed by atoms with Gasteiger partial charge in [-0.25, -0.2) is 0 Å². The molecule has 1 aromatic rings. The van der Waals surface area contributed by atoms with Crippen molar-refractivity contribution in [1.29, 1.82) is 5.26 Å². The first-order valence-electron chi connectivity index (χ1n) is 6.46. The number of nitrogens with one attached hydrogen (secondary N) is 2. The molecule has 0 aliphatic heterocycles. The predicted molar refractivity (Wildman–Crippen MR) is 78.8 cm³/mol. The Hall–Kier alpha value is -2.62. The Balaban J connectivity index is 2.61. The lowest BCUT2D eigenvalue weighted by atomic mass is 10.1. The third-order valence-corrected chi connectivity index (χ3v) is 2.51. The van der Waals surface area contributed by atoms with E-state index in [0.29, 0.717) is 12.2 Å². The maximum Gasteiger partial charge on any atom is 0.289 e. The van der Waals surface area contributed by atoms with Gasteiger partial charge in [-0.05, 0) is 32.9 Å². The topological polar surface area (TPSA) is 108 Å². The molecule has 7 heteroatoms. The molecule has 7 nitrogen and oxygen atoms in total. The number of nitro benzene ring substituents is 1. The minimum absolute atomic E-state index is 0.0102. The highest BCUT2D eigenvalue weighted by Crippen LogP contribution is 2.22. The maximum absolute atomic E-state index is 11.6. The van der Waals surface area contributed by atoms with Crippen molar-refractivity contribution in [2.24, 2.45) is 0 Å². The molecule has 21 heavy (non-hydrogen) atoms. The van der Waals surface area contributed by atoms with Crippen molar-refractivity contribution in [2.45, 2.75) is 32.7 Å². The van der Waals surface area contributed by atoms with E-state index >= 15 is 0 Å². The van der Waals surface area contributed by atoms with Crippen molar-refractivity contribution in [3.8, 4) is 6.07 Å². The minimum atomic E-state index is -0.601. The highest BCUT2D eigenvalue weighted by Gasteiger charge is 2.15. The molecule has 0 saturated heterocycles. The lowest BCUT2D eigenvalue weighted by Crippen LogP contribution is -2.41. The Morgan fingerprint density at radius 3 is 2.62 bits per heavy atom. The molecule has 0 saturated carbocycles. The number of hydrogen-bond acceptors (Lipinski definition) is 5. The number of nitro groups is 1. The summed E-state index contributed by atoms with van der Waals surface area (Å²) in [6.07, 6.45) is 0.255. The van der Waals surface area contributed by atoms with E-state index in [1.54, 1.807) is 12.1 Å². The second-order valence-corrected chi connectivity index (χ2v) is 5.58. The summed E-state index contributed by atoms with van der Waals surface area (Å²) in [6, 6.07) is 6.02. The van der Waals surface area contributed by atoms with Crippen LogP contribution in [-0.2, 0) is 4.79 Å². The first-order valence-corrected chi connectivity index (χ1v) is 6.46. The van der Waals surface area contributed by atoms with Gasteiger partial charge < -0.3 is 10.6 Å². The number of nitriles is 1. The first-order chi connectivity index (χ1) is 9.73. The van der Waals surface area contributed by atoms with E-state index in [1.165, 1.54) is 12.1 Å². The normalized spacial score (nSPS) is 10.6. The Morgan fingerprint density at radius 2 is 2.10 bits per heavy atom. The second-order valence-electron chi connectivity index (χ2n) is 5.58. The fourth-order valence-corrected chi connectivity index (χ4v) is 1.69. The van der Waals surface area contributed by atoms with Gasteiger partial charge >= 0.3 is 0 Å². The summed E-state index contributed by atoms with van der Waals surface area (Å²) in [6.45, 7) is 6.03. The number of anilines is 1. The van der Waals surface area contributed by atoms with Crippen LogP contribution in [-0.4, -0.2) is 22.9 Å². The largest absolute Gasteiger partial charge is 0.384 e. The Kier molecular flexibility index (Phi) is 5.24. The summed E-state index contributed by atoms with van der Waals surface area (Å²) in [5.74, 6) is -0.0989. The molecule has 0 spiro atoms. The monoisotopic (exact) mass is 290 g/mol. The van der Waals surface area contributed by atoms with Crippen molar-refractivity contribution in [3.63, 3.8) is 0 Å². The molecule has 0 aliphatic carbocycles. The summed E-state index contributed by atoms with van der Waals surface area (Å²) in [7, 11) is 0. The van der Waals surface area contributed by atoms with E-state index in [9.17, 15) is 14.9 Å². The minimum Gasteiger partial charge on any atom is -0.384 e. The molecule has 0 heterocycles. The van der Waals surface area contributed by atoms with Crippen LogP contribution in [0.15, 0.2) is 18.2 Å². The molecule has 0 unspecified atom stereocenters. The van der Waals surface area contributed by atoms with Gasteiger partial charge in [-0.2, -0.15) is 5.26 Å². The van der Waals surface area contributed by atoms with Gasteiger partial charge in [0, 0.05) is 30.3 Å². The van der Waals surface area contributed by atoms with Gasteiger partial charge in [0.15, 0.2) is 0 Å². The average Bonchev–Trinajstić information content (AvgIpc) is 2.36. The van der Waals surface area contributed by atoms with Gasteiger partial charge in [-0.15, -0.1) is 0 Å². The van der Waals surface area contributed by atoms with Crippen LogP contribution in [0.3, 0.4) is 0 Å². The average molecular weight is 290 g/mol. The molecule has 1 rings (SSSR count). The Bertz CT molecular complexity index is 585. The SMILES string of the molecule is CC(C)(C)NC(=O)CCNc1ccc(C#N)c([N+](=O)[O-])c1. The zero-order valence-electron chi connectivity index (χ0n) is 12.3. The second kappa shape index (κ2) is 6.70. The van der Waals surface area contributed by atoms with Gasteiger partial charge in [0.05, 0.1) is 4.92 Å². The van der Waals surface area contributed by atoms with Crippen molar-refractivity contribution in [1.82, 2.24) is 5.32 Å².